The second kappa shape index (κ2) is 6.67. The van der Waals surface area contributed by atoms with Crippen molar-refractivity contribution in [3.8, 4) is 0 Å². The maximum Gasteiger partial charge on any atom is 0.185 e. The molecule has 2 aliphatic heterocycles. The predicted octanol–water partition coefficient (Wildman–Crippen LogP) is 2.38. The van der Waals surface area contributed by atoms with E-state index in [1.54, 1.807) is 0 Å². The van der Waals surface area contributed by atoms with Crippen LogP contribution in [-0.4, -0.2) is 48.4 Å². The number of piperidine rings is 1. The highest BCUT2D eigenvalue weighted by Gasteiger charge is 2.37. The minimum Gasteiger partial charge on any atom is -0.378 e. The normalized spacial score (nSPS) is 24.8. The van der Waals surface area contributed by atoms with Crippen molar-refractivity contribution >= 4 is 16.5 Å². The van der Waals surface area contributed by atoms with E-state index in [2.05, 4.69) is 48.2 Å². The summed E-state index contributed by atoms with van der Waals surface area (Å²) in [5, 5.41) is 8.63. The van der Waals surface area contributed by atoms with Crippen molar-refractivity contribution in [3.05, 3.63) is 11.1 Å². The second-order valence-electron chi connectivity index (χ2n) is 8.09. The van der Waals surface area contributed by atoms with E-state index in [9.17, 15) is 0 Å². The summed E-state index contributed by atoms with van der Waals surface area (Å²) < 4.78 is 5.41. The van der Waals surface area contributed by atoms with Gasteiger partial charge in [-0.05, 0) is 40.5 Å². The number of anilines is 1. The minimum atomic E-state index is 0.187. The number of nitrogens with one attached hydrogen (secondary N) is 2. The summed E-state index contributed by atoms with van der Waals surface area (Å²) in [6, 6.07) is 0.551. The van der Waals surface area contributed by atoms with Crippen LogP contribution in [0.4, 0.5) is 5.13 Å². The van der Waals surface area contributed by atoms with E-state index in [0.29, 0.717) is 6.04 Å². The van der Waals surface area contributed by atoms with Crippen LogP contribution in [0.1, 0.15) is 45.4 Å². The number of rotatable bonds is 4. The fourth-order valence-electron chi connectivity index (χ4n) is 3.99. The molecule has 0 unspecified atom stereocenters. The number of hydrogen-bond acceptors (Lipinski definition) is 6. The van der Waals surface area contributed by atoms with Gasteiger partial charge in [-0.2, -0.15) is 0 Å². The number of thiazole rings is 1. The Bertz CT molecular complexity index is 506. The average molecular weight is 339 g/mol. The van der Waals surface area contributed by atoms with Gasteiger partial charge in [0, 0.05) is 47.8 Å². The first-order valence-electron chi connectivity index (χ1n) is 8.63. The third kappa shape index (κ3) is 4.66. The molecule has 0 aliphatic carbocycles. The van der Waals surface area contributed by atoms with E-state index in [1.165, 1.54) is 4.88 Å². The molecule has 1 aromatic rings. The van der Waals surface area contributed by atoms with Gasteiger partial charge in [-0.3, -0.25) is 0 Å². The molecule has 0 bridgehead atoms. The van der Waals surface area contributed by atoms with Crippen molar-refractivity contribution in [3.63, 3.8) is 0 Å². The first kappa shape index (κ1) is 17.1. The van der Waals surface area contributed by atoms with Crippen LogP contribution in [-0.2, 0) is 11.3 Å². The van der Waals surface area contributed by atoms with Crippen molar-refractivity contribution in [2.45, 2.75) is 64.2 Å². The standard InChI is InChI=1S/C17H30N4OS/c1-16(2)9-13(10-17(3,4)20-16)18-11-14-12-19-15(23-14)21-5-7-22-8-6-21/h12-13,18,20H,5-11H2,1-4H3. The number of ether oxygens (including phenoxy) is 1. The van der Waals surface area contributed by atoms with Gasteiger partial charge in [0.1, 0.15) is 0 Å². The molecule has 5 nitrogen and oxygen atoms in total. The summed E-state index contributed by atoms with van der Waals surface area (Å²) in [6.45, 7) is 13.6. The van der Waals surface area contributed by atoms with Gasteiger partial charge in [0.05, 0.1) is 13.2 Å². The fourth-order valence-corrected chi connectivity index (χ4v) is 4.90. The maximum absolute atomic E-state index is 5.41. The highest BCUT2D eigenvalue weighted by molar-refractivity contribution is 7.15. The number of hydrogen-bond donors (Lipinski definition) is 2. The van der Waals surface area contributed by atoms with Gasteiger partial charge in [0.25, 0.3) is 0 Å². The zero-order valence-corrected chi connectivity index (χ0v) is 15.6. The van der Waals surface area contributed by atoms with Gasteiger partial charge in [-0.25, -0.2) is 4.98 Å². The molecule has 0 saturated carbocycles. The van der Waals surface area contributed by atoms with Crippen LogP contribution < -0.4 is 15.5 Å². The van der Waals surface area contributed by atoms with Gasteiger partial charge in [0.2, 0.25) is 0 Å². The molecule has 3 rings (SSSR count). The zero-order valence-electron chi connectivity index (χ0n) is 14.8. The molecule has 2 saturated heterocycles. The Morgan fingerprint density at radius 1 is 1.26 bits per heavy atom. The van der Waals surface area contributed by atoms with Crippen LogP contribution >= 0.6 is 11.3 Å². The summed E-state index contributed by atoms with van der Waals surface area (Å²) in [5.41, 5.74) is 0.373. The lowest BCUT2D eigenvalue weighted by Gasteiger charge is -2.46. The molecule has 2 N–H and O–H groups in total. The van der Waals surface area contributed by atoms with Crippen LogP contribution in [0.3, 0.4) is 0 Å². The summed E-state index contributed by atoms with van der Waals surface area (Å²) in [7, 11) is 0. The van der Waals surface area contributed by atoms with Crippen LogP contribution in [0.2, 0.25) is 0 Å². The smallest absolute Gasteiger partial charge is 0.185 e. The van der Waals surface area contributed by atoms with Crippen molar-refractivity contribution in [1.82, 2.24) is 15.6 Å². The van der Waals surface area contributed by atoms with Crippen LogP contribution in [0, 0.1) is 0 Å². The van der Waals surface area contributed by atoms with E-state index in [0.717, 1.165) is 50.8 Å². The molecule has 0 atom stereocenters. The third-order valence-corrected chi connectivity index (χ3v) is 5.64. The van der Waals surface area contributed by atoms with Crippen molar-refractivity contribution < 1.29 is 4.74 Å². The van der Waals surface area contributed by atoms with Gasteiger partial charge in [0.15, 0.2) is 5.13 Å². The number of nitrogens with zero attached hydrogens (tertiary/aromatic N) is 2. The molecule has 0 aromatic carbocycles. The topological polar surface area (TPSA) is 49.4 Å². The van der Waals surface area contributed by atoms with Gasteiger partial charge < -0.3 is 20.3 Å². The fraction of sp³-hybridized carbons (Fsp3) is 0.824. The highest BCUT2D eigenvalue weighted by atomic mass is 32.1. The van der Waals surface area contributed by atoms with Crippen molar-refractivity contribution in [1.29, 1.82) is 0 Å². The first-order chi connectivity index (χ1) is 10.8. The summed E-state index contributed by atoms with van der Waals surface area (Å²) in [5.74, 6) is 0. The molecule has 3 heterocycles. The largest absolute Gasteiger partial charge is 0.378 e. The quantitative estimate of drug-likeness (QED) is 0.883. The number of morpholine rings is 1. The Morgan fingerprint density at radius 3 is 2.57 bits per heavy atom. The molecule has 0 amide bonds. The number of aromatic nitrogens is 1. The van der Waals surface area contributed by atoms with E-state index in [1.807, 2.05) is 17.5 Å². The molecule has 2 fully saturated rings. The molecular formula is C17H30N4OS. The maximum atomic E-state index is 5.41. The molecule has 2 aliphatic rings. The average Bonchev–Trinajstić information content (AvgIpc) is 2.92. The second-order valence-corrected chi connectivity index (χ2v) is 9.18. The van der Waals surface area contributed by atoms with Crippen molar-refractivity contribution in [2.24, 2.45) is 0 Å². The van der Waals surface area contributed by atoms with Crippen molar-refractivity contribution in [2.75, 3.05) is 31.2 Å². The molecule has 6 heteroatoms. The Labute approximate surface area is 143 Å². The lowest BCUT2D eigenvalue weighted by atomic mass is 9.79. The molecule has 0 radical (unpaired) electrons. The van der Waals surface area contributed by atoms with E-state index >= 15 is 0 Å². The zero-order chi connectivity index (χ0) is 16.5. The Morgan fingerprint density at radius 2 is 1.91 bits per heavy atom. The minimum absolute atomic E-state index is 0.187. The van der Waals surface area contributed by atoms with E-state index < -0.39 is 0 Å². The van der Waals surface area contributed by atoms with Crippen LogP contribution in [0.5, 0.6) is 0 Å². The molecule has 0 spiro atoms. The van der Waals surface area contributed by atoms with E-state index in [-0.39, 0.29) is 11.1 Å². The lowest BCUT2D eigenvalue weighted by molar-refractivity contribution is 0.122. The molecule has 130 valence electrons. The highest BCUT2D eigenvalue weighted by Crippen LogP contribution is 2.29. The Kier molecular flexibility index (Phi) is 4.97. The lowest BCUT2D eigenvalue weighted by Crippen LogP contribution is -2.61. The molecule has 23 heavy (non-hydrogen) atoms. The van der Waals surface area contributed by atoms with Crippen LogP contribution in [0.25, 0.3) is 0 Å². The Balaban J connectivity index is 1.55. The van der Waals surface area contributed by atoms with Gasteiger partial charge in [-0.1, -0.05) is 0 Å². The summed E-state index contributed by atoms with van der Waals surface area (Å²) in [6.07, 6.45) is 4.34. The predicted molar refractivity (Wildman–Crippen MR) is 96.3 cm³/mol. The SMILES string of the molecule is CC1(C)CC(NCc2cnc(N3CCOCC3)s2)CC(C)(C)N1. The monoisotopic (exact) mass is 338 g/mol. The Hall–Kier alpha value is -0.690. The third-order valence-electron chi connectivity index (χ3n) is 4.58. The summed E-state index contributed by atoms with van der Waals surface area (Å²) in [4.78, 5) is 8.25. The van der Waals surface area contributed by atoms with Gasteiger partial charge in [-0.15, -0.1) is 11.3 Å². The molecular weight excluding hydrogens is 308 g/mol. The van der Waals surface area contributed by atoms with E-state index in [4.69, 9.17) is 4.74 Å². The molecule has 1 aromatic heterocycles. The summed E-state index contributed by atoms with van der Waals surface area (Å²) >= 11 is 1.81. The van der Waals surface area contributed by atoms with Crippen LogP contribution in [0.15, 0.2) is 6.20 Å². The van der Waals surface area contributed by atoms with Gasteiger partial charge >= 0.3 is 0 Å². The first-order valence-corrected chi connectivity index (χ1v) is 9.45.